The van der Waals surface area contributed by atoms with E-state index in [1.165, 1.54) is 6.08 Å². The molecule has 22 heavy (non-hydrogen) atoms. The van der Waals surface area contributed by atoms with Crippen LogP contribution in [0.5, 0.6) is 5.75 Å². The van der Waals surface area contributed by atoms with E-state index in [-0.39, 0.29) is 0 Å². The lowest BCUT2D eigenvalue weighted by Crippen LogP contribution is -2.04. The molecule has 0 unspecified atom stereocenters. The molecule has 2 aromatic rings. The third kappa shape index (κ3) is 5.05. The smallest absolute Gasteiger partial charge is 0.241 e. The van der Waals surface area contributed by atoms with Crippen molar-refractivity contribution in [3.05, 3.63) is 60.8 Å². The monoisotopic (exact) mass is 296 g/mol. The van der Waals surface area contributed by atoms with E-state index in [1.54, 1.807) is 12.3 Å². The van der Waals surface area contributed by atoms with Gasteiger partial charge in [-0.3, -0.25) is 9.78 Å². The van der Waals surface area contributed by atoms with Crippen molar-refractivity contribution in [3.8, 4) is 5.75 Å². The number of nitrogens with zero attached hydrogens (tertiary/aromatic N) is 1. The number of fused-ring (bicyclic) bond motifs is 1. The maximum atomic E-state index is 10.5. The fourth-order valence-electron chi connectivity index (χ4n) is 2.06. The topological polar surface area (TPSA) is 65.2 Å². The molecule has 4 nitrogen and oxygen atoms in total. The highest BCUT2D eigenvalue weighted by Crippen LogP contribution is 2.23. The lowest BCUT2D eigenvalue weighted by Gasteiger charge is -2.07. The Hall–Kier alpha value is -2.62. The van der Waals surface area contributed by atoms with Crippen LogP contribution in [0.1, 0.15) is 19.3 Å². The summed E-state index contributed by atoms with van der Waals surface area (Å²) in [6, 6.07) is 9.90. The molecular weight excluding hydrogens is 276 g/mol. The van der Waals surface area contributed by atoms with Crippen LogP contribution in [-0.4, -0.2) is 17.5 Å². The van der Waals surface area contributed by atoms with Crippen LogP contribution in [0.25, 0.3) is 10.9 Å². The average molecular weight is 296 g/mol. The summed E-state index contributed by atoms with van der Waals surface area (Å²) in [4.78, 5) is 14.8. The van der Waals surface area contributed by atoms with Crippen molar-refractivity contribution in [3.63, 3.8) is 0 Å². The van der Waals surface area contributed by atoms with E-state index in [0.717, 1.165) is 35.9 Å². The Bertz CT molecular complexity index is 672. The summed E-state index contributed by atoms with van der Waals surface area (Å²) >= 11 is 0. The number of allylic oxidation sites excluding steroid dienone is 3. The van der Waals surface area contributed by atoms with Crippen molar-refractivity contribution in [1.82, 2.24) is 4.98 Å². The maximum absolute atomic E-state index is 10.5. The van der Waals surface area contributed by atoms with Crippen LogP contribution in [-0.2, 0) is 4.79 Å². The molecule has 1 heterocycles. The fourth-order valence-corrected chi connectivity index (χ4v) is 2.06. The molecule has 0 aliphatic heterocycles. The van der Waals surface area contributed by atoms with Crippen molar-refractivity contribution in [2.24, 2.45) is 5.73 Å². The van der Waals surface area contributed by atoms with Crippen molar-refractivity contribution in [2.45, 2.75) is 19.3 Å². The second-order valence-electron chi connectivity index (χ2n) is 4.87. The van der Waals surface area contributed by atoms with Crippen LogP contribution in [0.15, 0.2) is 60.8 Å². The molecule has 0 aliphatic carbocycles. The van der Waals surface area contributed by atoms with Gasteiger partial charge >= 0.3 is 0 Å². The Morgan fingerprint density at radius 2 is 2.05 bits per heavy atom. The number of pyridine rings is 1. The number of carbonyl (C=O) groups is 1. The SMILES string of the molecule is NC(=O)C=CC=CCCCCOc1cccc2cccnc12. The van der Waals surface area contributed by atoms with E-state index < -0.39 is 5.91 Å². The number of benzene rings is 1. The zero-order valence-electron chi connectivity index (χ0n) is 12.4. The van der Waals surface area contributed by atoms with Gasteiger partial charge in [-0.1, -0.05) is 36.4 Å². The number of amides is 1. The van der Waals surface area contributed by atoms with Gasteiger partial charge in [0.05, 0.1) is 6.61 Å². The third-order valence-electron chi connectivity index (χ3n) is 3.13. The van der Waals surface area contributed by atoms with Gasteiger partial charge in [-0.25, -0.2) is 0 Å². The number of aromatic nitrogens is 1. The Kier molecular flexibility index (Phi) is 6.18. The molecule has 114 valence electrons. The molecule has 0 aliphatic rings. The zero-order chi connectivity index (χ0) is 15.6. The van der Waals surface area contributed by atoms with E-state index in [0.29, 0.717) is 6.61 Å². The number of hydrogen-bond donors (Lipinski definition) is 1. The molecule has 4 heteroatoms. The number of carbonyl (C=O) groups excluding carboxylic acids is 1. The lowest BCUT2D eigenvalue weighted by molar-refractivity contribution is -0.113. The molecule has 0 spiro atoms. The standard InChI is InChI=1S/C18H20N2O2/c19-17(21)12-5-3-1-2-4-6-14-22-16-11-7-9-15-10-8-13-20-18(15)16/h1,3,5,7-13H,2,4,6,14H2,(H2,19,21). The highest BCUT2D eigenvalue weighted by atomic mass is 16.5. The molecule has 0 fully saturated rings. The van der Waals surface area contributed by atoms with E-state index in [2.05, 4.69) is 4.98 Å². The number of rotatable bonds is 8. The molecule has 1 aromatic heterocycles. The molecule has 0 bridgehead atoms. The quantitative estimate of drug-likeness (QED) is 0.461. The van der Waals surface area contributed by atoms with Crippen LogP contribution in [0.4, 0.5) is 0 Å². The van der Waals surface area contributed by atoms with Gasteiger partial charge in [0.25, 0.3) is 0 Å². The van der Waals surface area contributed by atoms with Gasteiger partial charge in [-0.05, 0) is 31.4 Å². The van der Waals surface area contributed by atoms with Crippen molar-refractivity contribution >= 4 is 16.8 Å². The molecule has 2 N–H and O–H groups in total. The predicted molar refractivity (Wildman–Crippen MR) is 88.6 cm³/mol. The average Bonchev–Trinajstić information content (AvgIpc) is 2.53. The van der Waals surface area contributed by atoms with E-state index >= 15 is 0 Å². The van der Waals surface area contributed by atoms with E-state index in [9.17, 15) is 4.79 Å². The predicted octanol–water partition coefficient (Wildman–Crippen LogP) is 3.38. The van der Waals surface area contributed by atoms with Gasteiger partial charge < -0.3 is 10.5 Å². The van der Waals surface area contributed by atoms with Gasteiger partial charge in [0, 0.05) is 17.7 Å². The van der Waals surface area contributed by atoms with Crippen molar-refractivity contribution in [2.75, 3.05) is 6.61 Å². The van der Waals surface area contributed by atoms with Crippen molar-refractivity contribution in [1.29, 1.82) is 0 Å². The van der Waals surface area contributed by atoms with Crippen LogP contribution in [0.2, 0.25) is 0 Å². The Balaban J connectivity index is 1.71. The van der Waals surface area contributed by atoms with Gasteiger partial charge in [0.15, 0.2) is 0 Å². The van der Waals surface area contributed by atoms with Crippen LogP contribution < -0.4 is 10.5 Å². The number of unbranched alkanes of at least 4 members (excludes halogenated alkanes) is 2. The molecule has 1 aromatic carbocycles. The second kappa shape index (κ2) is 8.62. The van der Waals surface area contributed by atoms with Gasteiger partial charge in [0.2, 0.25) is 5.91 Å². The third-order valence-corrected chi connectivity index (χ3v) is 3.13. The molecular formula is C18H20N2O2. The molecule has 0 saturated carbocycles. The molecule has 1 amide bonds. The fraction of sp³-hybridized carbons (Fsp3) is 0.222. The molecule has 0 atom stereocenters. The lowest BCUT2D eigenvalue weighted by atomic mass is 10.2. The number of para-hydroxylation sites is 1. The van der Waals surface area contributed by atoms with Gasteiger partial charge in [-0.15, -0.1) is 0 Å². The highest BCUT2D eigenvalue weighted by molar-refractivity contribution is 5.86. The van der Waals surface area contributed by atoms with E-state index in [4.69, 9.17) is 10.5 Å². The molecule has 0 radical (unpaired) electrons. The summed E-state index contributed by atoms with van der Waals surface area (Å²) in [6.45, 7) is 0.667. The minimum atomic E-state index is -0.429. The van der Waals surface area contributed by atoms with E-state index in [1.807, 2.05) is 42.5 Å². The summed E-state index contributed by atoms with van der Waals surface area (Å²) in [5, 5.41) is 1.09. The first-order chi connectivity index (χ1) is 10.8. The number of hydrogen-bond acceptors (Lipinski definition) is 3. The van der Waals surface area contributed by atoms with Gasteiger partial charge in [-0.2, -0.15) is 0 Å². The second-order valence-corrected chi connectivity index (χ2v) is 4.87. The summed E-state index contributed by atoms with van der Waals surface area (Å²) in [5.41, 5.74) is 5.89. The molecule has 2 rings (SSSR count). The zero-order valence-corrected chi connectivity index (χ0v) is 12.4. The first-order valence-electron chi connectivity index (χ1n) is 7.36. The normalized spacial score (nSPS) is 11.5. The first-order valence-corrected chi connectivity index (χ1v) is 7.36. The Morgan fingerprint density at radius 1 is 1.18 bits per heavy atom. The number of primary amides is 1. The minimum Gasteiger partial charge on any atom is -0.491 e. The summed E-state index contributed by atoms with van der Waals surface area (Å²) < 4.78 is 5.82. The minimum absolute atomic E-state index is 0.429. The Labute approximate surface area is 130 Å². The largest absolute Gasteiger partial charge is 0.491 e. The van der Waals surface area contributed by atoms with Crippen LogP contribution in [0, 0.1) is 0 Å². The summed E-state index contributed by atoms with van der Waals surface area (Å²) in [7, 11) is 0. The van der Waals surface area contributed by atoms with Crippen molar-refractivity contribution < 1.29 is 9.53 Å². The summed E-state index contributed by atoms with van der Waals surface area (Å²) in [6.07, 6.45) is 11.6. The van der Waals surface area contributed by atoms with Gasteiger partial charge in [0.1, 0.15) is 11.3 Å². The van der Waals surface area contributed by atoms with Crippen LogP contribution in [0.3, 0.4) is 0 Å². The number of ether oxygens (including phenoxy) is 1. The van der Waals surface area contributed by atoms with Crippen LogP contribution >= 0.6 is 0 Å². The number of nitrogens with two attached hydrogens (primary N) is 1. The highest BCUT2D eigenvalue weighted by Gasteiger charge is 2.01. The molecule has 0 saturated heterocycles. The Morgan fingerprint density at radius 3 is 2.91 bits per heavy atom. The first kappa shape index (κ1) is 15.8. The maximum Gasteiger partial charge on any atom is 0.241 e. The summed E-state index contributed by atoms with van der Waals surface area (Å²) in [5.74, 6) is 0.403.